The van der Waals surface area contributed by atoms with Crippen LogP contribution in [0.5, 0.6) is 0 Å². The van der Waals surface area contributed by atoms with E-state index in [1.165, 1.54) is 13.0 Å². The SMILES string of the molecule is CCC(C)C1CN(C(C)(C)C)C(C)CN1. The largest absolute Gasteiger partial charge is 0.311 e. The summed E-state index contributed by atoms with van der Waals surface area (Å²) < 4.78 is 0. The van der Waals surface area contributed by atoms with Crippen molar-refractivity contribution >= 4 is 0 Å². The lowest BCUT2D eigenvalue weighted by Gasteiger charge is -2.47. The van der Waals surface area contributed by atoms with E-state index < -0.39 is 0 Å². The Morgan fingerprint density at radius 1 is 1.40 bits per heavy atom. The highest BCUT2D eigenvalue weighted by Crippen LogP contribution is 2.23. The molecule has 1 heterocycles. The second-order valence-corrected chi connectivity index (χ2v) is 6.07. The van der Waals surface area contributed by atoms with Crippen molar-refractivity contribution in [3.05, 3.63) is 0 Å². The van der Waals surface area contributed by atoms with Crippen molar-refractivity contribution in [1.29, 1.82) is 0 Å². The van der Waals surface area contributed by atoms with Crippen LogP contribution in [0.1, 0.15) is 48.0 Å². The Hall–Kier alpha value is -0.0800. The summed E-state index contributed by atoms with van der Waals surface area (Å²) in [5.74, 6) is 0.780. The summed E-state index contributed by atoms with van der Waals surface area (Å²) in [5, 5.41) is 3.68. The molecule has 1 fully saturated rings. The van der Waals surface area contributed by atoms with Crippen molar-refractivity contribution < 1.29 is 0 Å². The molecule has 0 aromatic heterocycles. The molecule has 2 nitrogen and oxygen atoms in total. The maximum Gasteiger partial charge on any atom is 0.0221 e. The van der Waals surface area contributed by atoms with Crippen LogP contribution in [0.25, 0.3) is 0 Å². The van der Waals surface area contributed by atoms with Crippen LogP contribution < -0.4 is 5.32 Å². The molecule has 1 aliphatic rings. The maximum atomic E-state index is 3.68. The molecule has 0 amide bonds. The highest BCUT2D eigenvalue weighted by Gasteiger charge is 2.33. The van der Waals surface area contributed by atoms with Crippen LogP contribution in [0.2, 0.25) is 0 Å². The van der Waals surface area contributed by atoms with Crippen LogP contribution in [-0.4, -0.2) is 35.6 Å². The third kappa shape index (κ3) is 3.18. The van der Waals surface area contributed by atoms with E-state index in [0.29, 0.717) is 17.6 Å². The Balaban J connectivity index is 2.64. The van der Waals surface area contributed by atoms with Crippen molar-refractivity contribution in [2.24, 2.45) is 5.92 Å². The molecule has 1 N–H and O–H groups in total. The van der Waals surface area contributed by atoms with Gasteiger partial charge in [0.25, 0.3) is 0 Å². The monoisotopic (exact) mass is 212 g/mol. The van der Waals surface area contributed by atoms with Crippen LogP contribution in [0.4, 0.5) is 0 Å². The summed E-state index contributed by atoms with van der Waals surface area (Å²) in [6.07, 6.45) is 1.27. The van der Waals surface area contributed by atoms with Gasteiger partial charge in [-0.2, -0.15) is 0 Å². The molecule has 3 atom stereocenters. The van der Waals surface area contributed by atoms with Crippen LogP contribution >= 0.6 is 0 Å². The average Bonchev–Trinajstić information content (AvgIpc) is 2.15. The highest BCUT2D eigenvalue weighted by atomic mass is 15.3. The lowest BCUT2D eigenvalue weighted by atomic mass is 9.92. The van der Waals surface area contributed by atoms with Gasteiger partial charge in [-0.05, 0) is 33.6 Å². The van der Waals surface area contributed by atoms with Crippen molar-refractivity contribution in [3.63, 3.8) is 0 Å². The van der Waals surface area contributed by atoms with E-state index >= 15 is 0 Å². The smallest absolute Gasteiger partial charge is 0.0221 e. The first-order valence-electron chi connectivity index (χ1n) is 6.36. The minimum atomic E-state index is 0.299. The van der Waals surface area contributed by atoms with Gasteiger partial charge in [0, 0.05) is 30.7 Å². The molecule has 0 radical (unpaired) electrons. The first kappa shape index (κ1) is 13.0. The number of hydrogen-bond acceptors (Lipinski definition) is 2. The zero-order chi connectivity index (χ0) is 11.6. The van der Waals surface area contributed by atoms with Crippen LogP contribution in [0.3, 0.4) is 0 Å². The molecular formula is C13H28N2. The molecule has 0 bridgehead atoms. The summed E-state index contributed by atoms with van der Waals surface area (Å²) in [6.45, 7) is 16.3. The van der Waals surface area contributed by atoms with Gasteiger partial charge in [0.1, 0.15) is 0 Å². The summed E-state index contributed by atoms with van der Waals surface area (Å²) >= 11 is 0. The molecule has 3 unspecified atom stereocenters. The molecule has 0 aromatic carbocycles. The quantitative estimate of drug-likeness (QED) is 0.756. The lowest BCUT2D eigenvalue weighted by Crippen LogP contribution is -2.62. The van der Waals surface area contributed by atoms with E-state index in [-0.39, 0.29) is 0 Å². The number of hydrogen-bond donors (Lipinski definition) is 1. The normalized spacial score (nSPS) is 31.6. The summed E-state index contributed by atoms with van der Waals surface area (Å²) in [5.41, 5.74) is 0.299. The molecule has 1 aliphatic heterocycles. The number of nitrogens with zero attached hydrogens (tertiary/aromatic N) is 1. The van der Waals surface area contributed by atoms with Crippen molar-refractivity contribution in [3.8, 4) is 0 Å². The second-order valence-electron chi connectivity index (χ2n) is 6.07. The van der Waals surface area contributed by atoms with E-state index in [4.69, 9.17) is 0 Å². The van der Waals surface area contributed by atoms with Crippen molar-refractivity contribution in [1.82, 2.24) is 10.2 Å². The van der Waals surface area contributed by atoms with Gasteiger partial charge in [-0.25, -0.2) is 0 Å². The standard InChI is InChI=1S/C13H28N2/c1-7-10(2)12-9-15(13(4,5)6)11(3)8-14-12/h10-12,14H,7-9H2,1-6H3. The fourth-order valence-corrected chi connectivity index (χ4v) is 2.49. The third-order valence-corrected chi connectivity index (χ3v) is 3.79. The molecule has 90 valence electrons. The second kappa shape index (κ2) is 4.84. The van der Waals surface area contributed by atoms with Crippen molar-refractivity contribution in [2.45, 2.75) is 65.6 Å². The molecule has 1 rings (SSSR count). The van der Waals surface area contributed by atoms with Gasteiger partial charge in [-0.1, -0.05) is 20.3 Å². The molecule has 2 heteroatoms. The van der Waals surface area contributed by atoms with Crippen LogP contribution in [0, 0.1) is 5.92 Å². The molecule has 1 saturated heterocycles. The Morgan fingerprint density at radius 3 is 2.47 bits per heavy atom. The minimum Gasteiger partial charge on any atom is -0.311 e. The molecule has 0 aliphatic carbocycles. The third-order valence-electron chi connectivity index (χ3n) is 3.79. The minimum absolute atomic E-state index is 0.299. The Bertz CT molecular complexity index is 195. The summed E-state index contributed by atoms with van der Waals surface area (Å²) in [7, 11) is 0. The molecule has 0 saturated carbocycles. The van der Waals surface area contributed by atoms with Gasteiger partial charge in [0.05, 0.1) is 0 Å². The fourth-order valence-electron chi connectivity index (χ4n) is 2.49. The zero-order valence-corrected chi connectivity index (χ0v) is 11.3. The predicted molar refractivity (Wildman–Crippen MR) is 67.2 cm³/mol. The topological polar surface area (TPSA) is 15.3 Å². The average molecular weight is 212 g/mol. The highest BCUT2D eigenvalue weighted by molar-refractivity contribution is 4.91. The van der Waals surface area contributed by atoms with Gasteiger partial charge in [0.15, 0.2) is 0 Å². The number of rotatable bonds is 2. The molecule has 0 spiro atoms. The Labute approximate surface area is 95.4 Å². The molecule has 0 aromatic rings. The number of nitrogens with one attached hydrogen (secondary N) is 1. The molecular weight excluding hydrogens is 184 g/mol. The number of piperazine rings is 1. The van der Waals surface area contributed by atoms with Gasteiger partial charge in [-0.3, -0.25) is 4.90 Å². The van der Waals surface area contributed by atoms with E-state index in [2.05, 4.69) is 51.8 Å². The first-order chi connectivity index (χ1) is 6.86. The zero-order valence-electron chi connectivity index (χ0n) is 11.3. The van der Waals surface area contributed by atoms with Gasteiger partial charge in [0.2, 0.25) is 0 Å². The van der Waals surface area contributed by atoms with Crippen LogP contribution in [0.15, 0.2) is 0 Å². The predicted octanol–water partition coefficient (Wildman–Crippen LogP) is 2.49. The van der Waals surface area contributed by atoms with Gasteiger partial charge < -0.3 is 5.32 Å². The van der Waals surface area contributed by atoms with Gasteiger partial charge in [-0.15, -0.1) is 0 Å². The van der Waals surface area contributed by atoms with E-state index in [1.807, 2.05) is 0 Å². The summed E-state index contributed by atoms with van der Waals surface area (Å²) in [4.78, 5) is 2.64. The maximum absolute atomic E-state index is 3.68. The van der Waals surface area contributed by atoms with Gasteiger partial charge >= 0.3 is 0 Å². The van der Waals surface area contributed by atoms with E-state index in [1.54, 1.807) is 0 Å². The van der Waals surface area contributed by atoms with Crippen molar-refractivity contribution in [2.75, 3.05) is 13.1 Å². The lowest BCUT2D eigenvalue weighted by molar-refractivity contribution is 0.0380. The Morgan fingerprint density at radius 2 is 2.00 bits per heavy atom. The van der Waals surface area contributed by atoms with Crippen LogP contribution in [-0.2, 0) is 0 Å². The fraction of sp³-hybridized carbons (Fsp3) is 1.00. The van der Waals surface area contributed by atoms with E-state index in [0.717, 1.165) is 12.5 Å². The first-order valence-corrected chi connectivity index (χ1v) is 6.36. The molecule has 15 heavy (non-hydrogen) atoms. The van der Waals surface area contributed by atoms with E-state index in [9.17, 15) is 0 Å². The summed E-state index contributed by atoms with van der Waals surface area (Å²) in [6, 6.07) is 1.33. The Kier molecular flexibility index (Phi) is 4.19.